The van der Waals surface area contributed by atoms with Gasteiger partial charge in [0.15, 0.2) is 0 Å². The van der Waals surface area contributed by atoms with Crippen molar-refractivity contribution in [3.63, 3.8) is 0 Å². The molecule has 0 atom stereocenters. The number of anilines is 1. The van der Waals surface area contributed by atoms with Crippen LogP contribution in [0.15, 0.2) is 18.2 Å². The molecule has 1 aromatic rings. The zero-order valence-electron chi connectivity index (χ0n) is 11.4. The van der Waals surface area contributed by atoms with E-state index in [2.05, 4.69) is 0 Å². The molecule has 112 valence electrons. The Morgan fingerprint density at radius 1 is 1.24 bits per heavy atom. The molecule has 7 heteroatoms. The van der Waals surface area contributed by atoms with Crippen LogP contribution >= 0.6 is 0 Å². The van der Waals surface area contributed by atoms with Gasteiger partial charge in [0.2, 0.25) is 0 Å². The molecule has 4 nitrogen and oxygen atoms in total. The Morgan fingerprint density at radius 3 is 2.48 bits per heavy atom. The Kier molecular flexibility index (Phi) is 6.01. The first kappa shape index (κ1) is 16.8. The molecule has 0 aliphatic heterocycles. The first-order valence-corrected chi connectivity index (χ1v) is 6.16. The highest BCUT2D eigenvalue weighted by Crippen LogP contribution is 2.34. The molecular weight excluding hydrogens is 283 g/mol. The molecule has 0 heterocycles. The summed E-state index contributed by atoms with van der Waals surface area (Å²) in [6.07, 6.45) is -4.41. The van der Waals surface area contributed by atoms with Gasteiger partial charge in [-0.2, -0.15) is 23.7 Å². The molecule has 1 aromatic carbocycles. The third kappa shape index (κ3) is 4.66. The van der Waals surface area contributed by atoms with Gasteiger partial charge in [-0.15, -0.1) is 0 Å². The minimum Gasteiger partial charge on any atom is -0.383 e. The fourth-order valence-corrected chi connectivity index (χ4v) is 1.82. The molecule has 0 saturated carbocycles. The number of ether oxygens (including phenoxy) is 1. The van der Waals surface area contributed by atoms with Crippen molar-refractivity contribution in [1.29, 1.82) is 10.5 Å². The van der Waals surface area contributed by atoms with Crippen LogP contribution in [0.2, 0.25) is 0 Å². The van der Waals surface area contributed by atoms with Crippen molar-refractivity contribution >= 4 is 5.69 Å². The van der Waals surface area contributed by atoms with Gasteiger partial charge in [-0.05, 0) is 18.2 Å². The van der Waals surface area contributed by atoms with Crippen molar-refractivity contribution in [2.45, 2.75) is 12.6 Å². The molecule has 0 radical (unpaired) electrons. The predicted molar refractivity (Wildman–Crippen MR) is 70.5 cm³/mol. The molecule has 0 unspecified atom stereocenters. The van der Waals surface area contributed by atoms with Gasteiger partial charge in [-0.3, -0.25) is 0 Å². The number of halogens is 3. The van der Waals surface area contributed by atoms with E-state index in [0.29, 0.717) is 25.4 Å². The summed E-state index contributed by atoms with van der Waals surface area (Å²) < 4.78 is 43.7. The van der Waals surface area contributed by atoms with Crippen molar-refractivity contribution in [3.8, 4) is 12.1 Å². The summed E-state index contributed by atoms with van der Waals surface area (Å²) in [5.74, 6) is 0. The van der Waals surface area contributed by atoms with Crippen molar-refractivity contribution in [3.05, 3.63) is 29.3 Å². The van der Waals surface area contributed by atoms with Crippen LogP contribution in [-0.4, -0.2) is 26.8 Å². The second-order valence-corrected chi connectivity index (χ2v) is 4.23. The van der Waals surface area contributed by atoms with Crippen LogP contribution in [0.4, 0.5) is 18.9 Å². The van der Waals surface area contributed by atoms with E-state index in [1.54, 1.807) is 4.90 Å². The summed E-state index contributed by atoms with van der Waals surface area (Å²) >= 11 is 0. The number of benzene rings is 1. The van der Waals surface area contributed by atoms with E-state index in [1.807, 2.05) is 6.07 Å². The van der Waals surface area contributed by atoms with Gasteiger partial charge in [-0.1, -0.05) is 0 Å². The molecule has 0 amide bonds. The lowest BCUT2D eigenvalue weighted by Crippen LogP contribution is -2.28. The first-order valence-electron chi connectivity index (χ1n) is 6.16. The molecule has 0 aliphatic carbocycles. The largest absolute Gasteiger partial charge is 0.417 e. The summed E-state index contributed by atoms with van der Waals surface area (Å²) in [5, 5.41) is 17.4. The van der Waals surface area contributed by atoms with Crippen LogP contribution in [0, 0.1) is 22.7 Å². The van der Waals surface area contributed by atoms with Crippen LogP contribution < -0.4 is 4.90 Å². The van der Waals surface area contributed by atoms with Gasteiger partial charge in [0.1, 0.15) is 0 Å². The SMILES string of the molecule is COCCN(CCC#N)c1ccc(C#N)c(C(F)(F)F)c1. The van der Waals surface area contributed by atoms with Gasteiger partial charge < -0.3 is 9.64 Å². The highest BCUT2D eigenvalue weighted by molar-refractivity contribution is 5.54. The van der Waals surface area contributed by atoms with Crippen LogP contribution in [0.25, 0.3) is 0 Å². The van der Waals surface area contributed by atoms with Crippen LogP contribution in [0.5, 0.6) is 0 Å². The Labute approximate surface area is 121 Å². The van der Waals surface area contributed by atoms with E-state index in [0.717, 1.165) is 12.1 Å². The summed E-state index contributed by atoms with van der Waals surface area (Å²) in [6, 6.07) is 7.02. The number of hydrogen-bond donors (Lipinski definition) is 0. The monoisotopic (exact) mass is 297 g/mol. The Hall–Kier alpha value is -2.25. The minimum absolute atomic E-state index is 0.186. The van der Waals surface area contributed by atoms with Crippen molar-refractivity contribution in [2.75, 3.05) is 31.7 Å². The molecule has 0 spiro atoms. The lowest BCUT2D eigenvalue weighted by molar-refractivity contribution is -0.137. The quantitative estimate of drug-likeness (QED) is 0.810. The third-order valence-electron chi connectivity index (χ3n) is 2.85. The molecule has 21 heavy (non-hydrogen) atoms. The number of hydrogen-bond acceptors (Lipinski definition) is 4. The summed E-state index contributed by atoms with van der Waals surface area (Å²) in [6.45, 7) is 0.983. The van der Waals surface area contributed by atoms with Gasteiger partial charge >= 0.3 is 6.18 Å². The zero-order valence-corrected chi connectivity index (χ0v) is 11.4. The highest BCUT2D eigenvalue weighted by atomic mass is 19.4. The van der Waals surface area contributed by atoms with Crippen LogP contribution in [-0.2, 0) is 10.9 Å². The summed E-state index contributed by atoms with van der Waals surface area (Å²) in [4.78, 5) is 1.63. The van der Waals surface area contributed by atoms with Crippen LogP contribution in [0.3, 0.4) is 0 Å². The van der Waals surface area contributed by atoms with E-state index >= 15 is 0 Å². The minimum atomic E-state index is -4.59. The number of nitrogens with zero attached hydrogens (tertiary/aromatic N) is 3. The van der Waals surface area contributed by atoms with Gasteiger partial charge in [-0.25, -0.2) is 0 Å². The molecule has 0 N–H and O–H groups in total. The maximum Gasteiger partial charge on any atom is 0.417 e. The van der Waals surface area contributed by atoms with E-state index in [9.17, 15) is 13.2 Å². The zero-order chi connectivity index (χ0) is 15.9. The molecule has 1 rings (SSSR count). The molecule has 0 fully saturated rings. The van der Waals surface area contributed by atoms with E-state index < -0.39 is 17.3 Å². The van der Waals surface area contributed by atoms with Gasteiger partial charge in [0.05, 0.1) is 36.3 Å². The van der Waals surface area contributed by atoms with Gasteiger partial charge in [0.25, 0.3) is 0 Å². The maximum atomic E-state index is 12.9. The number of methoxy groups -OCH3 is 1. The second-order valence-electron chi connectivity index (χ2n) is 4.23. The lowest BCUT2D eigenvalue weighted by Gasteiger charge is -2.24. The third-order valence-corrected chi connectivity index (χ3v) is 2.85. The Bertz CT molecular complexity index is 558. The van der Waals surface area contributed by atoms with Crippen LogP contribution in [0.1, 0.15) is 17.5 Å². The fraction of sp³-hybridized carbons (Fsp3) is 0.429. The number of alkyl halides is 3. The van der Waals surface area contributed by atoms with Gasteiger partial charge in [0, 0.05) is 25.9 Å². The maximum absolute atomic E-state index is 12.9. The molecule has 0 aliphatic rings. The average Bonchev–Trinajstić information content (AvgIpc) is 2.46. The van der Waals surface area contributed by atoms with Crippen molar-refractivity contribution in [2.24, 2.45) is 0 Å². The highest BCUT2D eigenvalue weighted by Gasteiger charge is 2.34. The second kappa shape index (κ2) is 7.51. The molecule has 0 aromatic heterocycles. The summed E-state index contributed by atoms with van der Waals surface area (Å²) in [5.41, 5.74) is -1.08. The molecule has 0 bridgehead atoms. The Balaban J connectivity index is 3.14. The van der Waals surface area contributed by atoms with E-state index in [-0.39, 0.29) is 6.42 Å². The lowest BCUT2D eigenvalue weighted by atomic mass is 10.1. The van der Waals surface area contributed by atoms with Crippen molar-refractivity contribution < 1.29 is 17.9 Å². The summed E-state index contributed by atoms with van der Waals surface area (Å²) in [7, 11) is 1.49. The number of nitriles is 2. The normalized spacial score (nSPS) is 10.8. The number of rotatable bonds is 6. The topological polar surface area (TPSA) is 60.0 Å². The fourth-order valence-electron chi connectivity index (χ4n) is 1.82. The smallest absolute Gasteiger partial charge is 0.383 e. The molecule has 0 saturated heterocycles. The molecular formula is C14H14F3N3O. The standard InChI is InChI=1S/C14H14F3N3O/c1-21-8-7-20(6-2-5-18)12-4-3-11(10-19)13(9-12)14(15,16)17/h3-4,9H,2,6-8H2,1H3. The van der Waals surface area contributed by atoms with E-state index in [4.69, 9.17) is 15.3 Å². The van der Waals surface area contributed by atoms with Crippen molar-refractivity contribution in [1.82, 2.24) is 0 Å². The van der Waals surface area contributed by atoms with E-state index in [1.165, 1.54) is 19.2 Å². The average molecular weight is 297 g/mol. The Morgan fingerprint density at radius 2 is 1.95 bits per heavy atom. The predicted octanol–water partition coefficient (Wildman–Crippen LogP) is 2.94. The first-order chi connectivity index (χ1) is 9.93.